The van der Waals surface area contributed by atoms with Gasteiger partial charge in [-0.05, 0) is 24.6 Å². The summed E-state index contributed by atoms with van der Waals surface area (Å²) in [5.41, 5.74) is 0.896. The summed E-state index contributed by atoms with van der Waals surface area (Å²) in [5, 5.41) is 3.56. The molecule has 0 aliphatic rings. The van der Waals surface area contributed by atoms with Crippen molar-refractivity contribution in [3.05, 3.63) is 53.1 Å². The standard InChI is InChI=1S/C15H18ClN3O2/c1-3-19-8-7-17-14(19)15(20)18-13(10-21-2)11-5-4-6-12(16)9-11/h4-9,13H,3,10H2,1-2H3,(H,18,20). The number of carbonyl (C=O) groups excluding carboxylic acids is 1. The molecular formula is C15H18ClN3O2. The number of rotatable bonds is 6. The Bertz CT molecular complexity index is 612. The van der Waals surface area contributed by atoms with E-state index < -0.39 is 0 Å². The molecule has 0 aliphatic heterocycles. The molecule has 6 heteroatoms. The van der Waals surface area contributed by atoms with Crippen molar-refractivity contribution in [3.8, 4) is 0 Å². The smallest absolute Gasteiger partial charge is 0.287 e. The zero-order valence-electron chi connectivity index (χ0n) is 12.0. The first-order chi connectivity index (χ1) is 10.2. The fraction of sp³-hybridized carbons (Fsp3) is 0.333. The largest absolute Gasteiger partial charge is 0.382 e. The topological polar surface area (TPSA) is 56.2 Å². The van der Waals surface area contributed by atoms with Crippen molar-refractivity contribution < 1.29 is 9.53 Å². The minimum atomic E-state index is -0.275. The molecule has 0 radical (unpaired) electrons. The number of carbonyl (C=O) groups is 1. The summed E-state index contributed by atoms with van der Waals surface area (Å²) in [6.45, 7) is 3.01. The zero-order chi connectivity index (χ0) is 15.2. The van der Waals surface area contributed by atoms with Crippen LogP contribution in [-0.2, 0) is 11.3 Å². The third kappa shape index (κ3) is 3.83. The molecular weight excluding hydrogens is 290 g/mol. The Morgan fingerprint density at radius 2 is 2.33 bits per heavy atom. The first-order valence-electron chi connectivity index (χ1n) is 6.72. The van der Waals surface area contributed by atoms with Gasteiger partial charge in [0.25, 0.3) is 5.91 Å². The Kier molecular flexibility index (Phi) is 5.36. The highest BCUT2D eigenvalue weighted by Crippen LogP contribution is 2.18. The lowest BCUT2D eigenvalue weighted by Crippen LogP contribution is -2.33. The van der Waals surface area contributed by atoms with Gasteiger partial charge in [0, 0.05) is 31.1 Å². The maximum atomic E-state index is 12.3. The summed E-state index contributed by atoms with van der Waals surface area (Å²) in [6, 6.07) is 7.09. The van der Waals surface area contributed by atoms with E-state index in [0.29, 0.717) is 24.0 Å². The third-order valence-electron chi connectivity index (χ3n) is 3.15. The number of benzene rings is 1. The monoisotopic (exact) mass is 307 g/mol. The maximum absolute atomic E-state index is 12.3. The van der Waals surface area contributed by atoms with Crippen molar-refractivity contribution in [2.75, 3.05) is 13.7 Å². The Balaban J connectivity index is 2.18. The lowest BCUT2D eigenvalue weighted by Gasteiger charge is -2.18. The summed E-state index contributed by atoms with van der Waals surface area (Å²) >= 11 is 6.00. The highest BCUT2D eigenvalue weighted by molar-refractivity contribution is 6.30. The molecule has 0 spiro atoms. The van der Waals surface area contributed by atoms with E-state index in [2.05, 4.69) is 10.3 Å². The minimum Gasteiger partial charge on any atom is -0.382 e. The molecule has 1 atom stereocenters. The van der Waals surface area contributed by atoms with Crippen LogP contribution in [0, 0.1) is 0 Å². The van der Waals surface area contributed by atoms with Crippen molar-refractivity contribution >= 4 is 17.5 Å². The van der Waals surface area contributed by atoms with Gasteiger partial charge in [0.2, 0.25) is 0 Å². The average molecular weight is 308 g/mol. The van der Waals surface area contributed by atoms with Crippen LogP contribution < -0.4 is 5.32 Å². The van der Waals surface area contributed by atoms with Gasteiger partial charge >= 0.3 is 0 Å². The van der Waals surface area contributed by atoms with Gasteiger partial charge < -0.3 is 14.6 Å². The van der Waals surface area contributed by atoms with E-state index in [9.17, 15) is 4.79 Å². The molecule has 2 aromatic rings. The summed E-state index contributed by atoms with van der Waals surface area (Å²) in [7, 11) is 1.59. The molecule has 1 N–H and O–H groups in total. The lowest BCUT2D eigenvalue weighted by atomic mass is 10.1. The normalized spacial score (nSPS) is 12.1. The van der Waals surface area contributed by atoms with Crippen LogP contribution in [0.4, 0.5) is 0 Å². The molecule has 1 amide bonds. The Morgan fingerprint density at radius 1 is 1.52 bits per heavy atom. The first-order valence-corrected chi connectivity index (χ1v) is 7.10. The van der Waals surface area contributed by atoms with Gasteiger partial charge in [-0.25, -0.2) is 4.98 Å². The van der Waals surface area contributed by atoms with E-state index in [0.717, 1.165) is 5.56 Å². The molecule has 0 saturated carbocycles. The Hall–Kier alpha value is -1.85. The maximum Gasteiger partial charge on any atom is 0.287 e. The van der Waals surface area contributed by atoms with Crippen LogP contribution in [0.3, 0.4) is 0 Å². The molecule has 112 valence electrons. The quantitative estimate of drug-likeness (QED) is 0.892. The molecule has 1 heterocycles. The second kappa shape index (κ2) is 7.24. The van der Waals surface area contributed by atoms with Crippen molar-refractivity contribution in [3.63, 3.8) is 0 Å². The van der Waals surface area contributed by atoms with Gasteiger partial charge in [-0.1, -0.05) is 23.7 Å². The molecule has 0 bridgehead atoms. The lowest BCUT2D eigenvalue weighted by molar-refractivity contribution is 0.0882. The van der Waals surface area contributed by atoms with E-state index >= 15 is 0 Å². The predicted molar refractivity (Wildman–Crippen MR) is 81.4 cm³/mol. The van der Waals surface area contributed by atoms with Crippen LogP contribution in [0.2, 0.25) is 5.02 Å². The number of amides is 1. The first kappa shape index (κ1) is 15.5. The van der Waals surface area contributed by atoms with E-state index in [-0.39, 0.29) is 11.9 Å². The van der Waals surface area contributed by atoms with Crippen molar-refractivity contribution in [1.29, 1.82) is 0 Å². The van der Waals surface area contributed by atoms with Crippen LogP contribution in [0.15, 0.2) is 36.7 Å². The van der Waals surface area contributed by atoms with Gasteiger partial charge in [0.05, 0.1) is 12.6 Å². The van der Waals surface area contributed by atoms with E-state index in [1.54, 1.807) is 30.1 Å². The van der Waals surface area contributed by atoms with Crippen LogP contribution in [0.5, 0.6) is 0 Å². The summed E-state index contributed by atoms with van der Waals surface area (Å²) in [4.78, 5) is 16.4. The Labute approximate surface area is 128 Å². The van der Waals surface area contributed by atoms with Crippen LogP contribution in [-0.4, -0.2) is 29.2 Å². The fourth-order valence-electron chi connectivity index (χ4n) is 2.11. The number of imidazole rings is 1. The zero-order valence-corrected chi connectivity index (χ0v) is 12.8. The molecule has 0 fully saturated rings. The molecule has 2 rings (SSSR count). The molecule has 1 unspecified atom stereocenters. The molecule has 1 aromatic carbocycles. The molecule has 0 saturated heterocycles. The number of aromatic nitrogens is 2. The van der Waals surface area contributed by atoms with Crippen LogP contribution >= 0.6 is 11.6 Å². The molecule has 5 nitrogen and oxygen atoms in total. The number of hydrogen-bond acceptors (Lipinski definition) is 3. The highest BCUT2D eigenvalue weighted by atomic mass is 35.5. The average Bonchev–Trinajstić information content (AvgIpc) is 2.95. The summed E-state index contributed by atoms with van der Waals surface area (Å²) < 4.78 is 6.98. The van der Waals surface area contributed by atoms with Crippen molar-refractivity contribution in [2.24, 2.45) is 0 Å². The number of methoxy groups -OCH3 is 1. The van der Waals surface area contributed by atoms with E-state index in [1.165, 1.54) is 0 Å². The number of ether oxygens (including phenoxy) is 1. The molecule has 21 heavy (non-hydrogen) atoms. The van der Waals surface area contributed by atoms with Crippen LogP contribution in [0.25, 0.3) is 0 Å². The van der Waals surface area contributed by atoms with Gasteiger partial charge in [-0.15, -0.1) is 0 Å². The number of nitrogens with one attached hydrogen (secondary N) is 1. The van der Waals surface area contributed by atoms with Crippen LogP contribution in [0.1, 0.15) is 29.1 Å². The number of hydrogen-bond donors (Lipinski definition) is 1. The SMILES string of the molecule is CCn1ccnc1C(=O)NC(COC)c1cccc(Cl)c1. The molecule has 0 aliphatic carbocycles. The fourth-order valence-corrected chi connectivity index (χ4v) is 2.31. The Morgan fingerprint density at radius 3 is 3.00 bits per heavy atom. The molecule has 1 aromatic heterocycles. The third-order valence-corrected chi connectivity index (χ3v) is 3.38. The number of nitrogens with zero attached hydrogens (tertiary/aromatic N) is 2. The van der Waals surface area contributed by atoms with Gasteiger partial charge in [0.15, 0.2) is 5.82 Å². The van der Waals surface area contributed by atoms with Gasteiger partial charge in [-0.3, -0.25) is 4.79 Å². The van der Waals surface area contributed by atoms with Crippen molar-refractivity contribution in [2.45, 2.75) is 19.5 Å². The highest BCUT2D eigenvalue weighted by Gasteiger charge is 2.19. The second-order valence-electron chi connectivity index (χ2n) is 4.57. The second-order valence-corrected chi connectivity index (χ2v) is 5.01. The summed E-state index contributed by atoms with van der Waals surface area (Å²) in [6.07, 6.45) is 3.39. The number of halogens is 1. The predicted octanol–water partition coefficient (Wildman–Crippen LogP) is 2.67. The van der Waals surface area contributed by atoms with Crippen molar-refractivity contribution in [1.82, 2.24) is 14.9 Å². The van der Waals surface area contributed by atoms with E-state index in [4.69, 9.17) is 16.3 Å². The number of aryl methyl sites for hydroxylation is 1. The summed E-state index contributed by atoms with van der Waals surface area (Å²) in [5.74, 6) is 0.157. The minimum absolute atomic E-state index is 0.233. The van der Waals surface area contributed by atoms with E-state index in [1.807, 2.05) is 25.1 Å². The van der Waals surface area contributed by atoms with Gasteiger partial charge in [0.1, 0.15) is 0 Å². The van der Waals surface area contributed by atoms with Gasteiger partial charge in [-0.2, -0.15) is 0 Å².